The molecule has 0 bridgehead atoms. The predicted molar refractivity (Wildman–Crippen MR) is 66.6 cm³/mol. The Kier molecular flexibility index (Phi) is 2.61. The fraction of sp³-hybridized carbons (Fsp3) is 0.0909. The van der Waals surface area contributed by atoms with Crippen molar-refractivity contribution in [2.45, 2.75) is 6.92 Å². The number of rotatable bonds is 1. The minimum absolute atomic E-state index is 0.811. The second kappa shape index (κ2) is 3.75. The van der Waals surface area contributed by atoms with Crippen molar-refractivity contribution in [1.82, 2.24) is 0 Å². The third-order valence-electron chi connectivity index (χ3n) is 2.12. The van der Waals surface area contributed by atoms with E-state index in [1.807, 2.05) is 12.1 Å². The van der Waals surface area contributed by atoms with Crippen LogP contribution in [0.5, 0.6) is 0 Å². The number of halogens is 1. The van der Waals surface area contributed by atoms with Gasteiger partial charge in [-0.25, -0.2) is 0 Å². The summed E-state index contributed by atoms with van der Waals surface area (Å²) in [4.78, 5) is 1.25. The van der Waals surface area contributed by atoms with Gasteiger partial charge in [0.1, 0.15) is 0 Å². The van der Waals surface area contributed by atoms with Crippen LogP contribution in [0, 0.1) is 6.92 Å². The van der Waals surface area contributed by atoms with Gasteiger partial charge in [0.2, 0.25) is 0 Å². The summed E-state index contributed by atoms with van der Waals surface area (Å²) in [6.07, 6.45) is 0. The van der Waals surface area contributed by atoms with E-state index in [1.165, 1.54) is 16.0 Å². The molecule has 2 rings (SSSR count). The van der Waals surface area contributed by atoms with E-state index < -0.39 is 0 Å². The van der Waals surface area contributed by atoms with Crippen LogP contribution in [0.1, 0.15) is 5.56 Å². The molecule has 0 unspecified atom stereocenters. The molecule has 0 saturated carbocycles. The van der Waals surface area contributed by atoms with Gasteiger partial charge in [-0.15, -0.1) is 11.3 Å². The lowest BCUT2D eigenvalue weighted by Crippen LogP contribution is -1.87. The standard InChI is InChI=1S/C11H10BrNS/c1-7-2-3-8(13)6-9(7)11-10(12)4-5-14-11/h2-6H,13H2,1H3. The first-order chi connectivity index (χ1) is 6.68. The van der Waals surface area contributed by atoms with Crippen LogP contribution in [0.3, 0.4) is 0 Å². The summed E-state index contributed by atoms with van der Waals surface area (Å²) >= 11 is 5.25. The van der Waals surface area contributed by atoms with Crippen molar-refractivity contribution in [3.8, 4) is 10.4 Å². The van der Waals surface area contributed by atoms with E-state index >= 15 is 0 Å². The molecule has 1 nitrogen and oxygen atoms in total. The summed E-state index contributed by atoms with van der Waals surface area (Å²) in [5.74, 6) is 0. The number of nitrogen functional groups attached to an aromatic ring is 1. The van der Waals surface area contributed by atoms with Crippen molar-refractivity contribution in [1.29, 1.82) is 0 Å². The Morgan fingerprint density at radius 1 is 1.29 bits per heavy atom. The summed E-state index contributed by atoms with van der Waals surface area (Å²) in [5.41, 5.74) is 9.05. The number of anilines is 1. The lowest BCUT2D eigenvalue weighted by molar-refractivity contribution is 1.47. The molecule has 0 atom stereocenters. The molecule has 0 spiro atoms. The second-order valence-corrected chi connectivity index (χ2v) is 4.94. The van der Waals surface area contributed by atoms with Crippen LogP contribution < -0.4 is 5.73 Å². The average Bonchev–Trinajstić information content (AvgIpc) is 2.56. The zero-order valence-corrected chi connectivity index (χ0v) is 10.2. The third-order valence-corrected chi connectivity index (χ3v) is 3.99. The van der Waals surface area contributed by atoms with E-state index in [9.17, 15) is 0 Å². The Hall–Kier alpha value is -0.800. The Labute approximate surface area is 95.7 Å². The molecule has 0 aliphatic heterocycles. The maximum Gasteiger partial charge on any atom is 0.0488 e. The van der Waals surface area contributed by atoms with Gasteiger partial charge in [-0.05, 0) is 57.6 Å². The first-order valence-corrected chi connectivity index (χ1v) is 5.95. The van der Waals surface area contributed by atoms with E-state index in [4.69, 9.17) is 5.73 Å². The molecule has 2 aromatic rings. The Bertz CT molecular complexity index is 462. The van der Waals surface area contributed by atoms with Crippen LogP contribution in [0.4, 0.5) is 5.69 Å². The zero-order chi connectivity index (χ0) is 10.1. The largest absolute Gasteiger partial charge is 0.399 e. The number of aryl methyl sites for hydroxylation is 1. The van der Waals surface area contributed by atoms with Crippen molar-refractivity contribution in [2.75, 3.05) is 5.73 Å². The van der Waals surface area contributed by atoms with Gasteiger partial charge in [-0.3, -0.25) is 0 Å². The van der Waals surface area contributed by atoms with Gasteiger partial charge >= 0.3 is 0 Å². The fourth-order valence-electron chi connectivity index (χ4n) is 1.37. The van der Waals surface area contributed by atoms with Crippen LogP contribution in [0.2, 0.25) is 0 Å². The lowest BCUT2D eigenvalue weighted by atomic mass is 10.1. The molecule has 0 saturated heterocycles. The summed E-state index contributed by atoms with van der Waals surface area (Å²) in [7, 11) is 0. The molecular weight excluding hydrogens is 258 g/mol. The topological polar surface area (TPSA) is 26.0 Å². The quantitative estimate of drug-likeness (QED) is 0.775. The molecule has 3 heteroatoms. The predicted octanol–water partition coefficient (Wildman–Crippen LogP) is 4.07. The van der Waals surface area contributed by atoms with E-state index in [0.717, 1.165) is 10.2 Å². The second-order valence-electron chi connectivity index (χ2n) is 3.17. The lowest BCUT2D eigenvalue weighted by Gasteiger charge is -2.05. The molecule has 2 N–H and O–H groups in total. The maximum absolute atomic E-state index is 5.77. The number of hydrogen-bond acceptors (Lipinski definition) is 2. The molecule has 0 aliphatic carbocycles. The monoisotopic (exact) mass is 267 g/mol. The number of hydrogen-bond donors (Lipinski definition) is 1. The van der Waals surface area contributed by atoms with Gasteiger partial charge in [0.25, 0.3) is 0 Å². The maximum atomic E-state index is 5.77. The molecule has 1 aromatic carbocycles. The normalized spacial score (nSPS) is 10.4. The highest BCUT2D eigenvalue weighted by Crippen LogP contribution is 2.36. The summed E-state index contributed by atoms with van der Waals surface area (Å²) in [6, 6.07) is 8.06. The van der Waals surface area contributed by atoms with Crippen LogP contribution in [0.25, 0.3) is 10.4 Å². The van der Waals surface area contributed by atoms with E-state index in [1.54, 1.807) is 11.3 Å². The number of benzene rings is 1. The van der Waals surface area contributed by atoms with E-state index in [0.29, 0.717) is 0 Å². The van der Waals surface area contributed by atoms with Gasteiger partial charge in [-0.1, -0.05) is 6.07 Å². The number of thiophene rings is 1. The van der Waals surface area contributed by atoms with Gasteiger partial charge in [-0.2, -0.15) is 0 Å². The van der Waals surface area contributed by atoms with Crippen LogP contribution in [-0.2, 0) is 0 Å². The summed E-state index contributed by atoms with van der Waals surface area (Å²) in [5, 5.41) is 2.07. The molecule has 1 aromatic heterocycles. The highest BCUT2D eigenvalue weighted by atomic mass is 79.9. The Morgan fingerprint density at radius 3 is 2.71 bits per heavy atom. The fourth-order valence-corrected chi connectivity index (χ4v) is 3.04. The Balaban J connectivity index is 2.62. The highest BCUT2D eigenvalue weighted by Gasteiger charge is 2.07. The molecule has 14 heavy (non-hydrogen) atoms. The molecule has 0 aliphatic rings. The SMILES string of the molecule is Cc1ccc(N)cc1-c1sccc1Br. The van der Waals surface area contributed by atoms with Crippen LogP contribution in [-0.4, -0.2) is 0 Å². The summed E-state index contributed by atoms with van der Waals surface area (Å²) in [6.45, 7) is 2.10. The molecule has 72 valence electrons. The van der Waals surface area contributed by atoms with Crippen molar-refractivity contribution in [2.24, 2.45) is 0 Å². The zero-order valence-electron chi connectivity index (χ0n) is 7.75. The Morgan fingerprint density at radius 2 is 2.07 bits per heavy atom. The van der Waals surface area contributed by atoms with Crippen molar-refractivity contribution >= 4 is 33.0 Å². The minimum Gasteiger partial charge on any atom is -0.399 e. The van der Waals surface area contributed by atoms with E-state index in [2.05, 4.69) is 40.4 Å². The van der Waals surface area contributed by atoms with Crippen LogP contribution >= 0.6 is 27.3 Å². The molecule has 0 fully saturated rings. The van der Waals surface area contributed by atoms with Gasteiger partial charge < -0.3 is 5.73 Å². The van der Waals surface area contributed by atoms with E-state index in [-0.39, 0.29) is 0 Å². The van der Waals surface area contributed by atoms with Crippen molar-refractivity contribution in [3.63, 3.8) is 0 Å². The molecule has 0 amide bonds. The van der Waals surface area contributed by atoms with Crippen LogP contribution in [0.15, 0.2) is 34.1 Å². The average molecular weight is 268 g/mol. The molecular formula is C11H10BrNS. The molecule has 1 heterocycles. The number of nitrogens with two attached hydrogens (primary N) is 1. The highest BCUT2D eigenvalue weighted by molar-refractivity contribution is 9.10. The first-order valence-electron chi connectivity index (χ1n) is 4.28. The van der Waals surface area contributed by atoms with Crippen molar-refractivity contribution < 1.29 is 0 Å². The smallest absolute Gasteiger partial charge is 0.0488 e. The van der Waals surface area contributed by atoms with Gasteiger partial charge in [0.15, 0.2) is 0 Å². The first kappa shape index (κ1) is 9.74. The van der Waals surface area contributed by atoms with Crippen molar-refractivity contribution in [3.05, 3.63) is 39.7 Å². The van der Waals surface area contributed by atoms with Gasteiger partial charge in [0, 0.05) is 15.0 Å². The summed E-state index contributed by atoms with van der Waals surface area (Å²) < 4.78 is 1.14. The third kappa shape index (κ3) is 1.70. The minimum atomic E-state index is 0.811. The molecule has 0 radical (unpaired) electrons. The van der Waals surface area contributed by atoms with Gasteiger partial charge in [0.05, 0.1) is 0 Å².